The number of aromatic amines is 1. The summed E-state index contributed by atoms with van der Waals surface area (Å²) in [6, 6.07) is 10.2. The first kappa shape index (κ1) is 19.1. The highest BCUT2D eigenvalue weighted by molar-refractivity contribution is 5.77. The van der Waals surface area contributed by atoms with Crippen molar-refractivity contribution < 1.29 is 13.9 Å². The van der Waals surface area contributed by atoms with E-state index >= 15 is 0 Å². The van der Waals surface area contributed by atoms with Crippen molar-refractivity contribution in [3.8, 4) is 16.9 Å². The molecule has 1 atom stereocenters. The molecule has 1 aliphatic heterocycles. The Kier molecular flexibility index (Phi) is 5.84. The molecule has 4 rings (SSSR count). The highest BCUT2D eigenvalue weighted by Gasteiger charge is 2.32. The van der Waals surface area contributed by atoms with Crippen molar-refractivity contribution in [2.24, 2.45) is 0 Å². The van der Waals surface area contributed by atoms with E-state index in [1.54, 1.807) is 36.8 Å². The van der Waals surface area contributed by atoms with Gasteiger partial charge >= 0.3 is 0 Å². The lowest BCUT2D eigenvalue weighted by Gasteiger charge is -2.25. The van der Waals surface area contributed by atoms with Gasteiger partial charge < -0.3 is 9.64 Å². The fraction of sp³-hybridized carbons (Fsp3) is 0.318. The molecule has 1 fully saturated rings. The molecule has 1 N–H and O–H groups in total. The molecule has 1 aromatic carbocycles. The predicted octanol–water partition coefficient (Wildman–Crippen LogP) is 4.13. The SMILES string of the molecule is O=C(CCCOc1ccccc1F)N1CCC[C@@H]1c1[nH]ncc1-c1ccncc1. The number of carbonyl (C=O) groups excluding carboxylic acids is 1. The summed E-state index contributed by atoms with van der Waals surface area (Å²) in [5.74, 6) is -0.0836. The summed E-state index contributed by atoms with van der Waals surface area (Å²) in [4.78, 5) is 18.8. The van der Waals surface area contributed by atoms with Crippen LogP contribution in [0.1, 0.15) is 37.4 Å². The second-order valence-corrected chi connectivity index (χ2v) is 7.06. The molecule has 0 saturated carbocycles. The van der Waals surface area contributed by atoms with E-state index in [0.29, 0.717) is 19.4 Å². The van der Waals surface area contributed by atoms with Crippen LogP contribution in [0.25, 0.3) is 11.1 Å². The number of H-pyrrole nitrogens is 1. The smallest absolute Gasteiger partial charge is 0.223 e. The van der Waals surface area contributed by atoms with E-state index in [-0.39, 0.29) is 23.5 Å². The third-order valence-electron chi connectivity index (χ3n) is 5.20. The van der Waals surface area contributed by atoms with Gasteiger partial charge in [0.1, 0.15) is 0 Å². The highest BCUT2D eigenvalue weighted by atomic mass is 19.1. The molecule has 2 aromatic heterocycles. The molecule has 0 aliphatic carbocycles. The molecule has 0 radical (unpaired) electrons. The summed E-state index contributed by atoms with van der Waals surface area (Å²) >= 11 is 0. The topological polar surface area (TPSA) is 71.1 Å². The van der Waals surface area contributed by atoms with Gasteiger partial charge in [0.15, 0.2) is 11.6 Å². The summed E-state index contributed by atoms with van der Waals surface area (Å²) in [6.45, 7) is 1.03. The summed E-state index contributed by atoms with van der Waals surface area (Å²) in [7, 11) is 0. The Morgan fingerprint density at radius 1 is 1.24 bits per heavy atom. The fourth-order valence-electron chi connectivity index (χ4n) is 3.79. The number of ether oxygens (including phenoxy) is 1. The molecule has 29 heavy (non-hydrogen) atoms. The summed E-state index contributed by atoms with van der Waals surface area (Å²) in [5.41, 5.74) is 2.99. The number of hydrogen-bond acceptors (Lipinski definition) is 4. The average Bonchev–Trinajstić information content (AvgIpc) is 3.42. The van der Waals surface area contributed by atoms with Crippen LogP contribution in [0, 0.1) is 5.82 Å². The van der Waals surface area contributed by atoms with Crippen molar-refractivity contribution in [3.05, 3.63) is 66.5 Å². The highest BCUT2D eigenvalue weighted by Crippen LogP contribution is 2.36. The maximum Gasteiger partial charge on any atom is 0.223 e. The molecular weight excluding hydrogens is 371 g/mol. The minimum absolute atomic E-state index is 0.0133. The molecule has 6 nitrogen and oxygen atoms in total. The molecule has 0 spiro atoms. The molecule has 0 bridgehead atoms. The van der Waals surface area contributed by atoms with Gasteiger partial charge in [0, 0.05) is 30.9 Å². The van der Waals surface area contributed by atoms with Gasteiger partial charge in [-0.05, 0) is 49.1 Å². The van der Waals surface area contributed by atoms with Gasteiger partial charge in [0.05, 0.1) is 24.5 Å². The number of hydrogen-bond donors (Lipinski definition) is 1. The number of carbonyl (C=O) groups is 1. The number of rotatable bonds is 7. The number of amides is 1. The lowest BCUT2D eigenvalue weighted by atomic mass is 10.0. The monoisotopic (exact) mass is 394 g/mol. The van der Waals surface area contributed by atoms with Crippen molar-refractivity contribution >= 4 is 5.91 Å². The zero-order valence-corrected chi connectivity index (χ0v) is 16.1. The Morgan fingerprint density at radius 3 is 2.90 bits per heavy atom. The van der Waals surface area contributed by atoms with Crippen LogP contribution in [0.3, 0.4) is 0 Å². The molecule has 150 valence electrons. The van der Waals surface area contributed by atoms with Crippen molar-refractivity contribution in [1.29, 1.82) is 0 Å². The Hall–Kier alpha value is -3.22. The lowest BCUT2D eigenvalue weighted by Crippen LogP contribution is -2.31. The third kappa shape index (κ3) is 4.29. The number of aromatic nitrogens is 3. The van der Waals surface area contributed by atoms with E-state index in [9.17, 15) is 9.18 Å². The molecule has 3 aromatic rings. The van der Waals surface area contributed by atoms with E-state index < -0.39 is 0 Å². The number of nitrogens with zero attached hydrogens (tertiary/aromatic N) is 3. The number of halogens is 1. The van der Waals surface area contributed by atoms with Gasteiger partial charge in [-0.25, -0.2) is 4.39 Å². The minimum Gasteiger partial charge on any atom is -0.491 e. The van der Waals surface area contributed by atoms with Crippen LogP contribution in [0.15, 0.2) is 55.0 Å². The lowest BCUT2D eigenvalue weighted by molar-refractivity contribution is -0.132. The largest absolute Gasteiger partial charge is 0.491 e. The second-order valence-electron chi connectivity index (χ2n) is 7.06. The summed E-state index contributed by atoms with van der Waals surface area (Å²) < 4.78 is 19.1. The van der Waals surface area contributed by atoms with Crippen LogP contribution in [-0.2, 0) is 4.79 Å². The number of benzene rings is 1. The Morgan fingerprint density at radius 2 is 2.07 bits per heavy atom. The first-order valence-electron chi connectivity index (χ1n) is 9.84. The number of para-hydroxylation sites is 1. The predicted molar refractivity (Wildman–Crippen MR) is 107 cm³/mol. The zero-order valence-electron chi connectivity index (χ0n) is 16.1. The van der Waals surface area contributed by atoms with Crippen LogP contribution >= 0.6 is 0 Å². The molecule has 3 heterocycles. The van der Waals surface area contributed by atoms with E-state index in [0.717, 1.165) is 36.2 Å². The number of likely N-dealkylation sites (tertiary alicyclic amines) is 1. The minimum atomic E-state index is -0.388. The first-order valence-corrected chi connectivity index (χ1v) is 9.84. The van der Waals surface area contributed by atoms with Gasteiger partial charge in [-0.2, -0.15) is 5.10 Å². The fourth-order valence-corrected chi connectivity index (χ4v) is 3.79. The maximum absolute atomic E-state index is 13.6. The summed E-state index contributed by atoms with van der Waals surface area (Å²) in [5, 5.41) is 7.31. The third-order valence-corrected chi connectivity index (χ3v) is 5.20. The first-order chi connectivity index (χ1) is 14.2. The van der Waals surface area contributed by atoms with E-state index in [2.05, 4.69) is 15.2 Å². The van der Waals surface area contributed by atoms with Gasteiger partial charge in [-0.3, -0.25) is 14.9 Å². The quantitative estimate of drug-likeness (QED) is 0.612. The van der Waals surface area contributed by atoms with Crippen LogP contribution in [-0.4, -0.2) is 39.1 Å². The zero-order chi connectivity index (χ0) is 20.1. The van der Waals surface area contributed by atoms with Gasteiger partial charge in [0.2, 0.25) is 5.91 Å². The molecule has 1 saturated heterocycles. The second kappa shape index (κ2) is 8.86. The Balaban J connectivity index is 1.37. The Labute approximate surface area is 168 Å². The normalized spacial score (nSPS) is 16.2. The van der Waals surface area contributed by atoms with E-state index in [1.165, 1.54) is 6.07 Å². The van der Waals surface area contributed by atoms with Gasteiger partial charge in [0.25, 0.3) is 0 Å². The molecule has 0 unspecified atom stereocenters. The summed E-state index contributed by atoms with van der Waals surface area (Å²) in [6.07, 6.45) is 8.06. The van der Waals surface area contributed by atoms with Crippen molar-refractivity contribution in [3.63, 3.8) is 0 Å². The number of nitrogens with one attached hydrogen (secondary N) is 1. The molecule has 7 heteroatoms. The standard InChI is InChI=1S/C22H23FN4O2/c23-18-5-1-2-7-20(18)29-14-4-8-21(28)27-13-3-6-19(27)22-17(15-25-26-22)16-9-11-24-12-10-16/h1-2,5,7,9-12,15,19H,3-4,6,8,13-14H2,(H,25,26)/t19-/m1/s1. The Bertz CT molecular complexity index is 960. The van der Waals surface area contributed by atoms with Crippen molar-refractivity contribution in [2.45, 2.75) is 31.7 Å². The van der Waals surface area contributed by atoms with Crippen molar-refractivity contribution in [2.75, 3.05) is 13.2 Å². The maximum atomic E-state index is 13.6. The number of pyridine rings is 1. The van der Waals surface area contributed by atoms with Crippen LogP contribution in [0.4, 0.5) is 4.39 Å². The molecular formula is C22H23FN4O2. The van der Waals surface area contributed by atoms with E-state index in [4.69, 9.17) is 4.74 Å². The van der Waals surface area contributed by atoms with Crippen LogP contribution < -0.4 is 4.74 Å². The van der Waals surface area contributed by atoms with Crippen LogP contribution in [0.5, 0.6) is 5.75 Å². The molecule has 1 amide bonds. The van der Waals surface area contributed by atoms with Gasteiger partial charge in [-0.1, -0.05) is 12.1 Å². The molecule has 1 aliphatic rings. The van der Waals surface area contributed by atoms with Crippen molar-refractivity contribution in [1.82, 2.24) is 20.1 Å². The average molecular weight is 394 g/mol. The van der Waals surface area contributed by atoms with Crippen LogP contribution in [0.2, 0.25) is 0 Å². The van der Waals surface area contributed by atoms with Gasteiger partial charge in [-0.15, -0.1) is 0 Å². The van der Waals surface area contributed by atoms with E-state index in [1.807, 2.05) is 17.0 Å².